The second-order valence-electron chi connectivity index (χ2n) is 7.25. The van der Waals surface area contributed by atoms with Crippen LogP contribution < -0.4 is 0 Å². The Morgan fingerprint density at radius 1 is 1.08 bits per heavy atom. The molecule has 0 bridgehead atoms. The van der Waals surface area contributed by atoms with Gasteiger partial charge in [0.25, 0.3) is 0 Å². The molecule has 2 aromatic rings. The molecule has 0 saturated carbocycles. The molecular formula is C17H22F3NOSSi. The van der Waals surface area contributed by atoms with Crippen LogP contribution in [0.2, 0.25) is 18.1 Å². The van der Waals surface area contributed by atoms with Gasteiger partial charge >= 0.3 is 6.18 Å². The minimum atomic E-state index is -4.32. The van der Waals surface area contributed by atoms with Crippen molar-refractivity contribution in [2.45, 2.75) is 51.7 Å². The number of halogens is 3. The average molecular weight is 374 g/mol. The van der Waals surface area contributed by atoms with Crippen LogP contribution in [0.4, 0.5) is 13.2 Å². The van der Waals surface area contributed by atoms with Crippen molar-refractivity contribution in [3.05, 3.63) is 40.2 Å². The number of rotatable bonds is 4. The predicted molar refractivity (Wildman–Crippen MR) is 94.5 cm³/mol. The van der Waals surface area contributed by atoms with Gasteiger partial charge in [0, 0.05) is 10.9 Å². The van der Waals surface area contributed by atoms with Crippen molar-refractivity contribution in [1.29, 1.82) is 0 Å². The molecule has 0 atom stereocenters. The fourth-order valence-corrected chi connectivity index (χ4v) is 3.55. The number of aromatic nitrogens is 1. The molecule has 0 unspecified atom stereocenters. The first kappa shape index (κ1) is 19.1. The molecule has 0 aliphatic heterocycles. The van der Waals surface area contributed by atoms with Crippen molar-refractivity contribution in [3.63, 3.8) is 0 Å². The Bertz CT molecular complexity index is 687. The molecule has 0 N–H and O–H groups in total. The topological polar surface area (TPSA) is 22.1 Å². The molecule has 0 radical (unpaired) electrons. The van der Waals surface area contributed by atoms with Gasteiger partial charge in [-0.2, -0.15) is 13.2 Å². The summed E-state index contributed by atoms with van der Waals surface area (Å²) < 4.78 is 44.0. The highest BCUT2D eigenvalue weighted by Crippen LogP contribution is 2.37. The van der Waals surface area contributed by atoms with E-state index in [1.807, 2.05) is 5.38 Å². The zero-order chi connectivity index (χ0) is 18.2. The average Bonchev–Trinajstić information content (AvgIpc) is 2.92. The first-order valence-corrected chi connectivity index (χ1v) is 11.4. The van der Waals surface area contributed by atoms with E-state index in [1.54, 1.807) is 0 Å². The van der Waals surface area contributed by atoms with Crippen molar-refractivity contribution >= 4 is 19.7 Å². The molecule has 132 valence electrons. The van der Waals surface area contributed by atoms with Crippen molar-refractivity contribution in [3.8, 4) is 11.3 Å². The highest BCUT2D eigenvalue weighted by Gasteiger charge is 2.37. The Labute approximate surface area is 145 Å². The smallest absolute Gasteiger partial charge is 0.410 e. The third kappa shape index (κ3) is 4.46. The summed E-state index contributed by atoms with van der Waals surface area (Å²) in [5, 5.41) is 2.82. The number of benzene rings is 1. The van der Waals surface area contributed by atoms with Gasteiger partial charge < -0.3 is 4.43 Å². The number of hydrogen-bond acceptors (Lipinski definition) is 3. The van der Waals surface area contributed by atoms with Gasteiger partial charge in [-0.25, -0.2) is 4.98 Å². The van der Waals surface area contributed by atoms with E-state index < -0.39 is 20.1 Å². The molecule has 0 saturated heterocycles. The fourth-order valence-electron chi connectivity index (χ4n) is 1.80. The lowest BCUT2D eigenvalue weighted by atomic mass is 10.1. The van der Waals surface area contributed by atoms with Crippen LogP contribution in [0.25, 0.3) is 11.3 Å². The van der Waals surface area contributed by atoms with E-state index in [0.29, 0.717) is 17.9 Å². The van der Waals surface area contributed by atoms with Crippen molar-refractivity contribution < 1.29 is 17.6 Å². The summed E-state index contributed by atoms with van der Waals surface area (Å²) in [6, 6.07) is 5.08. The lowest BCUT2D eigenvalue weighted by molar-refractivity contribution is -0.137. The molecule has 0 spiro atoms. The third-order valence-corrected chi connectivity index (χ3v) is 9.72. The Morgan fingerprint density at radius 2 is 1.67 bits per heavy atom. The standard InChI is InChI=1S/C17H22F3NOSSi/c1-16(2,3)24(4,5)22-10-15-21-14(11-23-15)12-6-8-13(9-7-12)17(18,19)20/h6-9,11H,10H2,1-5H3. The molecule has 0 aliphatic carbocycles. The summed E-state index contributed by atoms with van der Waals surface area (Å²) in [6.45, 7) is 11.3. The van der Waals surface area contributed by atoms with Crippen molar-refractivity contribution in [2.75, 3.05) is 0 Å². The zero-order valence-electron chi connectivity index (χ0n) is 14.5. The summed E-state index contributed by atoms with van der Waals surface area (Å²) in [6.07, 6.45) is -4.32. The summed E-state index contributed by atoms with van der Waals surface area (Å²) in [5.41, 5.74) is 0.711. The maximum absolute atomic E-state index is 12.6. The van der Waals surface area contributed by atoms with Crippen LogP contribution in [-0.4, -0.2) is 13.3 Å². The predicted octanol–water partition coefficient (Wildman–Crippen LogP) is 6.35. The summed E-state index contributed by atoms with van der Waals surface area (Å²) >= 11 is 1.47. The van der Waals surface area contributed by atoms with E-state index in [4.69, 9.17) is 4.43 Å². The minimum absolute atomic E-state index is 0.126. The highest BCUT2D eigenvalue weighted by molar-refractivity contribution is 7.09. The number of hydrogen-bond donors (Lipinski definition) is 0. The van der Waals surface area contributed by atoms with Crippen molar-refractivity contribution in [2.24, 2.45) is 0 Å². The molecule has 2 rings (SSSR count). The number of alkyl halides is 3. The van der Waals surface area contributed by atoms with Crippen LogP contribution in [0.15, 0.2) is 29.6 Å². The molecule has 2 nitrogen and oxygen atoms in total. The van der Waals surface area contributed by atoms with Crippen molar-refractivity contribution in [1.82, 2.24) is 4.98 Å². The summed E-state index contributed by atoms with van der Waals surface area (Å²) in [4.78, 5) is 4.49. The minimum Gasteiger partial charge on any atom is -0.410 e. The van der Waals surface area contributed by atoms with Crippen LogP contribution in [-0.2, 0) is 17.2 Å². The molecule has 24 heavy (non-hydrogen) atoms. The van der Waals surface area contributed by atoms with Crippen LogP contribution >= 0.6 is 11.3 Å². The monoisotopic (exact) mass is 373 g/mol. The molecular weight excluding hydrogens is 351 g/mol. The molecule has 1 aromatic heterocycles. The van der Waals surface area contributed by atoms with Gasteiger partial charge in [-0.15, -0.1) is 11.3 Å². The van der Waals surface area contributed by atoms with Crippen LogP contribution in [0, 0.1) is 0 Å². The Morgan fingerprint density at radius 3 is 2.17 bits per heavy atom. The van der Waals surface area contributed by atoms with Crippen LogP contribution in [0.3, 0.4) is 0 Å². The molecule has 0 aliphatic rings. The largest absolute Gasteiger partial charge is 0.416 e. The van der Waals surface area contributed by atoms with Gasteiger partial charge in [0.15, 0.2) is 8.32 Å². The molecule has 1 aromatic carbocycles. The number of thiazole rings is 1. The normalized spacial score (nSPS) is 13.3. The SMILES string of the molecule is CC(C)(C)[Si](C)(C)OCc1nc(-c2ccc(C(F)(F)F)cc2)cs1. The van der Waals surface area contributed by atoms with Gasteiger partial charge in [0.05, 0.1) is 17.9 Å². The van der Waals surface area contributed by atoms with Gasteiger partial charge in [-0.3, -0.25) is 0 Å². The zero-order valence-corrected chi connectivity index (χ0v) is 16.3. The Hall–Kier alpha value is -1.18. The van der Waals surface area contributed by atoms with E-state index in [2.05, 4.69) is 38.8 Å². The first-order valence-electron chi connectivity index (χ1n) is 7.66. The highest BCUT2D eigenvalue weighted by atomic mass is 32.1. The summed E-state index contributed by atoms with van der Waals surface area (Å²) in [7, 11) is -1.84. The van der Waals surface area contributed by atoms with E-state index >= 15 is 0 Å². The summed E-state index contributed by atoms with van der Waals surface area (Å²) in [5.74, 6) is 0. The van der Waals surface area contributed by atoms with Gasteiger partial charge in [-0.05, 0) is 30.3 Å². The third-order valence-electron chi connectivity index (χ3n) is 4.42. The Balaban J connectivity index is 2.08. The maximum atomic E-state index is 12.6. The molecule has 0 fully saturated rings. The first-order chi connectivity index (χ1) is 10.9. The molecule has 7 heteroatoms. The quantitative estimate of drug-likeness (QED) is 0.583. The lowest BCUT2D eigenvalue weighted by Gasteiger charge is -2.35. The van der Waals surface area contributed by atoms with E-state index in [-0.39, 0.29) is 5.04 Å². The van der Waals surface area contributed by atoms with E-state index in [0.717, 1.165) is 17.1 Å². The molecule has 0 amide bonds. The van der Waals surface area contributed by atoms with Gasteiger partial charge in [0.1, 0.15) is 5.01 Å². The van der Waals surface area contributed by atoms with Gasteiger partial charge in [-0.1, -0.05) is 32.9 Å². The lowest BCUT2D eigenvalue weighted by Crippen LogP contribution is -2.40. The van der Waals surface area contributed by atoms with Crippen LogP contribution in [0.5, 0.6) is 0 Å². The second kappa shape index (κ2) is 6.61. The van der Waals surface area contributed by atoms with E-state index in [9.17, 15) is 13.2 Å². The van der Waals surface area contributed by atoms with E-state index in [1.165, 1.54) is 23.5 Å². The Kier molecular flexibility index (Phi) is 5.27. The number of nitrogens with zero attached hydrogens (tertiary/aromatic N) is 1. The second-order valence-corrected chi connectivity index (χ2v) is 13.0. The molecule has 1 heterocycles. The van der Waals surface area contributed by atoms with Gasteiger partial charge in [0.2, 0.25) is 0 Å². The fraction of sp³-hybridized carbons (Fsp3) is 0.471. The van der Waals surface area contributed by atoms with Crippen LogP contribution in [0.1, 0.15) is 31.3 Å². The maximum Gasteiger partial charge on any atom is 0.416 e.